The summed E-state index contributed by atoms with van der Waals surface area (Å²) in [4.78, 5) is 25.3. The van der Waals surface area contributed by atoms with Crippen molar-refractivity contribution in [2.45, 2.75) is 19.3 Å². The Balaban J connectivity index is 2.27. The molecule has 2 rings (SSSR count). The third kappa shape index (κ3) is 4.01. The van der Waals surface area contributed by atoms with Crippen LogP contribution in [0.15, 0.2) is 36.5 Å². The average Bonchev–Trinajstić information content (AvgIpc) is 2.56. The molecule has 0 bridgehead atoms. The van der Waals surface area contributed by atoms with Crippen molar-refractivity contribution >= 4 is 23.4 Å². The number of nitrogens with one attached hydrogen (secondary N) is 1. The molecule has 0 aliphatic heterocycles. The molecule has 6 heteroatoms. The van der Waals surface area contributed by atoms with Gasteiger partial charge in [0.25, 0.3) is 0 Å². The van der Waals surface area contributed by atoms with Crippen molar-refractivity contribution < 1.29 is 4.79 Å². The molecule has 1 aromatic carbocycles. The number of benzene rings is 1. The summed E-state index contributed by atoms with van der Waals surface area (Å²) in [5, 5.41) is 2.98. The Hall–Kier alpha value is -2.63. The van der Waals surface area contributed by atoms with Gasteiger partial charge in [0, 0.05) is 28.2 Å². The highest BCUT2D eigenvalue weighted by Gasteiger charge is 2.21. The van der Waals surface area contributed by atoms with Crippen LogP contribution in [0.5, 0.6) is 0 Å². The molecule has 2 aromatic rings. The predicted molar refractivity (Wildman–Crippen MR) is 98.8 cm³/mol. The first-order chi connectivity index (χ1) is 11.4. The maximum Gasteiger partial charge on any atom is 0.232 e. The van der Waals surface area contributed by atoms with Crippen molar-refractivity contribution in [3.05, 3.63) is 42.1 Å². The monoisotopic (exact) mass is 327 g/mol. The Morgan fingerprint density at radius 2 is 1.79 bits per heavy atom. The highest BCUT2D eigenvalue weighted by Crippen LogP contribution is 2.26. The highest BCUT2D eigenvalue weighted by atomic mass is 16.1. The molecule has 1 atom stereocenters. The van der Waals surface area contributed by atoms with E-state index in [1.165, 1.54) is 0 Å². The number of rotatable bonds is 6. The Kier molecular flexibility index (Phi) is 5.73. The van der Waals surface area contributed by atoms with Gasteiger partial charge in [-0.1, -0.05) is 37.3 Å². The first-order valence-corrected chi connectivity index (χ1v) is 8.01. The third-order valence-corrected chi connectivity index (χ3v) is 3.76. The van der Waals surface area contributed by atoms with Crippen LogP contribution in [0.3, 0.4) is 0 Å². The van der Waals surface area contributed by atoms with Crippen molar-refractivity contribution in [2.24, 2.45) is 0 Å². The third-order valence-electron chi connectivity index (χ3n) is 3.76. The van der Waals surface area contributed by atoms with E-state index >= 15 is 0 Å². The van der Waals surface area contributed by atoms with Gasteiger partial charge in [-0.05, 0) is 12.0 Å². The van der Waals surface area contributed by atoms with Crippen LogP contribution in [0, 0.1) is 0 Å². The lowest BCUT2D eigenvalue weighted by molar-refractivity contribution is -0.117. The van der Waals surface area contributed by atoms with Crippen molar-refractivity contribution in [1.82, 2.24) is 9.97 Å². The molecule has 0 aliphatic rings. The van der Waals surface area contributed by atoms with Crippen LogP contribution in [0.4, 0.5) is 17.5 Å². The molecule has 0 spiro atoms. The molecular formula is C18H25N5O. The molecule has 1 heterocycles. The fraction of sp³-hybridized carbons (Fsp3) is 0.389. The summed E-state index contributed by atoms with van der Waals surface area (Å²) in [6.45, 7) is 2.01. The van der Waals surface area contributed by atoms with E-state index in [0.717, 1.165) is 12.0 Å². The maximum atomic E-state index is 12.7. The van der Waals surface area contributed by atoms with E-state index in [4.69, 9.17) is 0 Å². The van der Waals surface area contributed by atoms with Crippen molar-refractivity contribution in [2.75, 3.05) is 43.3 Å². The number of carbonyl (C=O) groups excluding carboxylic acids is 1. The van der Waals surface area contributed by atoms with Gasteiger partial charge in [0.2, 0.25) is 11.9 Å². The molecule has 1 unspecified atom stereocenters. The molecule has 1 N–H and O–H groups in total. The summed E-state index contributed by atoms with van der Waals surface area (Å²) in [6.07, 6.45) is 2.39. The Bertz CT molecular complexity index is 685. The van der Waals surface area contributed by atoms with Gasteiger partial charge in [0.05, 0.1) is 12.1 Å². The van der Waals surface area contributed by atoms with Gasteiger partial charge >= 0.3 is 0 Å². The van der Waals surface area contributed by atoms with Crippen LogP contribution >= 0.6 is 0 Å². The minimum atomic E-state index is -0.199. The second kappa shape index (κ2) is 7.77. The number of anilines is 3. The van der Waals surface area contributed by atoms with Crippen LogP contribution in [0.1, 0.15) is 24.8 Å². The smallest absolute Gasteiger partial charge is 0.232 e. The standard InChI is InChI=1S/C18H25N5O/c1-6-14(13-10-8-7-9-11-13)17(24)20-15-12-19-18(23(4)5)21-16(15)22(2)3/h7-12,14H,6H2,1-5H3,(H,20,24). The Morgan fingerprint density at radius 1 is 1.12 bits per heavy atom. The molecular weight excluding hydrogens is 302 g/mol. The van der Waals surface area contributed by atoms with Gasteiger partial charge < -0.3 is 15.1 Å². The van der Waals surface area contributed by atoms with E-state index in [1.54, 1.807) is 6.20 Å². The summed E-state index contributed by atoms with van der Waals surface area (Å²) in [6, 6.07) is 9.81. The molecule has 24 heavy (non-hydrogen) atoms. The number of nitrogens with zero attached hydrogens (tertiary/aromatic N) is 4. The second-order valence-electron chi connectivity index (χ2n) is 6.06. The van der Waals surface area contributed by atoms with Crippen molar-refractivity contribution in [1.29, 1.82) is 0 Å². The summed E-state index contributed by atoms with van der Waals surface area (Å²) in [5.41, 5.74) is 1.62. The largest absolute Gasteiger partial charge is 0.361 e. The van der Waals surface area contributed by atoms with E-state index in [-0.39, 0.29) is 11.8 Å². The normalized spacial score (nSPS) is 11.7. The van der Waals surface area contributed by atoms with Gasteiger partial charge in [-0.25, -0.2) is 4.98 Å². The molecule has 0 saturated carbocycles. The van der Waals surface area contributed by atoms with Crippen LogP contribution in [0.2, 0.25) is 0 Å². The van der Waals surface area contributed by atoms with Crippen molar-refractivity contribution in [3.8, 4) is 0 Å². The average molecular weight is 327 g/mol. The van der Waals surface area contributed by atoms with Gasteiger partial charge in [-0.2, -0.15) is 4.98 Å². The second-order valence-corrected chi connectivity index (χ2v) is 6.06. The van der Waals surface area contributed by atoms with Crippen LogP contribution in [0.25, 0.3) is 0 Å². The van der Waals surface area contributed by atoms with Crippen LogP contribution in [-0.2, 0) is 4.79 Å². The molecule has 128 valence electrons. The molecule has 0 saturated heterocycles. The summed E-state index contributed by atoms with van der Waals surface area (Å²) in [5.74, 6) is 1.04. The lowest BCUT2D eigenvalue weighted by Crippen LogP contribution is -2.24. The molecule has 1 aromatic heterocycles. The van der Waals surface area contributed by atoms with Gasteiger partial charge in [-0.15, -0.1) is 0 Å². The number of hydrogen-bond acceptors (Lipinski definition) is 5. The van der Waals surface area contributed by atoms with Gasteiger partial charge in [-0.3, -0.25) is 4.79 Å². The minimum Gasteiger partial charge on any atom is -0.361 e. The Labute approximate surface area is 143 Å². The number of amides is 1. The fourth-order valence-corrected chi connectivity index (χ4v) is 2.49. The summed E-state index contributed by atoms with van der Waals surface area (Å²) < 4.78 is 0. The van der Waals surface area contributed by atoms with E-state index in [1.807, 2.05) is 75.2 Å². The van der Waals surface area contributed by atoms with E-state index in [0.29, 0.717) is 17.5 Å². The molecule has 6 nitrogen and oxygen atoms in total. The number of carbonyl (C=O) groups is 1. The van der Waals surface area contributed by atoms with Gasteiger partial charge in [0.15, 0.2) is 5.82 Å². The topological polar surface area (TPSA) is 61.4 Å². The van der Waals surface area contributed by atoms with E-state index in [2.05, 4.69) is 15.3 Å². The maximum absolute atomic E-state index is 12.7. The van der Waals surface area contributed by atoms with E-state index < -0.39 is 0 Å². The first kappa shape index (κ1) is 17.7. The van der Waals surface area contributed by atoms with Crippen molar-refractivity contribution in [3.63, 3.8) is 0 Å². The minimum absolute atomic E-state index is 0.0481. The van der Waals surface area contributed by atoms with E-state index in [9.17, 15) is 4.79 Å². The van der Waals surface area contributed by atoms with Crippen LogP contribution in [-0.4, -0.2) is 44.1 Å². The molecule has 0 radical (unpaired) electrons. The quantitative estimate of drug-likeness (QED) is 0.884. The predicted octanol–water partition coefficient (Wildman–Crippen LogP) is 2.74. The number of aromatic nitrogens is 2. The van der Waals surface area contributed by atoms with Crippen LogP contribution < -0.4 is 15.1 Å². The highest BCUT2D eigenvalue weighted by molar-refractivity contribution is 5.97. The SMILES string of the molecule is CCC(C(=O)Nc1cnc(N(C)C)nc1N(C)C)c1ccccc1. The molecule has 0 fully saturated rings. The first-order valence-electron chi connectivity index (χ1n) is 8.01. The number of hydrogen-bond donors (Lipinski definition) is 1. The zero-order valence-corrected chi connectivity index (χ0v) is 14.9. The lowest BCUT2D eigenvalue weighted by Gasteiger charge is -2.21. The fourth-order valence-electron chi connectivity index (χ4n) is 2.49. The summed E-state index contributed by atoms with van der Waals surface area (Å²) >= 11 is 0. The zero-order chi connectivity index (χ0) is 17.7. The molecule has 0 aliphatic carbocycles. The summed E-state index contributed by atoms with van der Waals surface area (Å²) in [7, 11) is 7.56. The van der Waals surface area contributed by atoms with Gasteiger partial charge in [0.1, 0.15) is 5.69 Å². The lowest BCUT2D eigenvalue weighted by atomic mass is 9.95. The molecule has 1 amide bonds. The Morgan fingerprint density at radius 3 is 2.33 bits per heavy atom. The zero-order valence-electron chi connectivity index (χ0n) is 14.9.